The molecule has 0 saturated heterocycles. The number of hydrogen-bond donors (Lipinski definition) is 2. The van der Waals surface area contributed by atoms with Crippen molar-refractivity contribution >= 4 is 16.7 Å². The molecule has 1 aliphatic carbocycles. The van der Waals surface area contributed by atoms with E-state index < -0.39 is 0 Å². The SMILES string of the molecule is CC1(C)CC1NC(=O)c1ccc2ccccc2c1O. The number of benzene rings is 2. The van der Waals surface area contributed by atoms with Crippen LogP contribution >= 0.6 is 0 Å². The predicted molar refractivity (Wildman–Crippen MR) is 75.3 cm³/mol. The van der Waals surface area contributed by atoms with Crippen LogP contribution in [0.1, 0.15) is 30.6 Å². The van der Waals surface area contributed by atoms with E-state index in [-0.39, 0.29) is 23.1 Å². The number of carbonyl (C=O) groups excluding carboxylic acids is 1. The molecule has 1 fully saturated rings. The number of fused-ring (bicyclic) bond motifs is 1. The number of phenolic OH excluding ortho intramolecular Hbond substituents is 1. The molecule has 0 aromatic heterocycles. The molecule has 3 heteroatoms. The van der Waals surface area contributed by atoms with Gasteiger partial charge in [0.15, 0.2) is 0 Å². The molecular formula is C16H17NO2. The first-order valence-corrected chi connectivity index (χ1v) is 6.50. The molecular weight excluding hydrogens is 238 g/mol. The van der Waals surface area contributed by atoms with Crippen molar-refractivity contribution in [3.63, 3.8) is 0 Å². The van der Waals surface area contributed by atoms with Crippen molar-refractivity contribution in [3.05, 3.63) is 42.0 Å². The van der Waals surface area contributed by atoms with Crippen molar-refractivity contribution in [2.75, 3.05) is 0 Å². The molecule has 0 bridgehead atoms. The lowest BCUT2D eigenvalue weighted by atomic mass is 10.0. The van der Waals surface area contributed by atoms with Gasteiger partial charge in [0.1, 0.15) is 5.75 Å². The summed E-state index contributed by atoms with van der Waals surface area (Å²) in [7, 11) is 0. The number of carbonyl (C=O) groups is 1. The van der Waals surface area contributed by atoms with Gasteiger partial charge >= 0.3 is 0 Å². The topological polar surface area (TPSA) is 49.3 Å². The zero-order chi connectivity index (χ0) is 13.6. The summed E-state index contributed by atoms with van der Waals surface area (Å²) in [4.78, 5) is 12.2. The van der Waals surface area contributed by atoms with Gasteiger partial charge in [0.25, 0.3) is 5.91 Å². The summed E-state index contributed by atoms with van der Waals surface area (Å²) in [6, 6.07) is 11.3. The van der Waals surface area contributed by atoms with Crippen molar-refractivity contribution in [1.82, 2.24) is 5.32 Å². The van der Waals surface area contributed by atoms with Crippen LogP contribution < -0.4 is 5.32 Å². The van der Waals surface area contributed by atoms with Gasteiger partial charge in [-0.2, -0.15) is 0 Å². The van der Waals surface area contributed by atoms with Crippen molar-refractivity contribution < 1.29 is 9.90 Å². The van der Waals surface area contributed by atoms with E-state index in [2.05, 4.69) is 19.2 Å². The van der Waals surface area contributed by atoms with E-state index in [1.807, 2.05) is 30.3 Å². The van der Waals surface area contributed by atoms with Gasteiger partial charge in [0, 0.05) is 11.4 Å². The van der Waals surface area contributed by atoms with Gasteiger partial charge < -0.3 is 10.4 Å². The van der Waals surface area contributed by atoms with Crippen LogP contribution in [0.15, 0.2) is 36.4 Å². The first-order chi connectivity index (χ1) is 8.99. The van der Waals surface area contributed by atoms with Gasteiger partial charge in [0.05, 0.1) is 5.56 Å². The predicted octanol–water partition coefficient (Wildman–Crippen LogP) is 3.07. The highest BCUT2D eigenvalue weighted by molar-refractivity contribution is 6.03. The van der Waals surface area contributed by atoms with Crippen LogP contribution in [0.3, 0.4) is 0 Å². The van der Waals surface area contributed by atoms with Gasteiger partial charge in [-0.25, -0.2) is 0 Å². The van der Waals surface area contributed by atoms with E-state index in [4.69, 9.17) is 0 Å². The average Bonchev–Trinajstić information content (AvgIpc) is 2.97. The van der Waals surface area contributed by atoms with E-state index in [1.54, 1.807) is 6.07 Å². The molecule has 1 aliphatic rings. The normalized spacial score (nSPS) is 20.2. The highest BCUT2D eigenvalue weighted by atomic mass is 16.3. The lowest BCUT2D eigenvalue weighted by Gasteiger charge is -2.10. The number of hydrogen-bond acceptors (Lipinski definition) is 2. The van der Waals surface area contributed by atoms with Gasteiger partial charge in [-0.1, -0.05) is 44.2 Å². The Morgan fingerprint density at radius 3 is 2.63 bits per heavy atom. The van der Waals surface area contributed by atoms with E-state index in [0.29, 0.717) is 10.9 Å². The van der Waals surface area contributed by atoms with Crippen molar-refractivity contribution in [3.8, 4) is 5.75 Å². The summed E-state index contributed by atoms with van der Waals surface area (Å²) in [6.07, 6.45) is 0.993. The van der Waals surface area contributed by atoms with Gasteiger partial charge in [0.2, 0.25) is 0 Å². The minimum Gasteiger partial charge on any atom is -0.506 e. The number of aromatic hydroxyl groups is 1. The molecule has 1 saturated carbocycles. The van der Waals surface area contributed by atoms with Gasteiger partial charge in [-0.05, 0) is 23.3 Å². The molecule has 2 N–H and O–H groups in total. The minimum atomic E-state index is -0.196. The first kappa shape index (κ1) is 12.0. The lowest BCUT2D eigenvalue weighted by Crippen LogP contribution is -2.28. The van der Waals surface area contributed by atoms with Crippen LogP contribution in [0, 0.1) is 5.41 Å². The number of nitrogens with one attached hydrogen (secondary N) is 1. The average molecular weight is 255 g/mol. The fourth-order valence-corrected chi connectivity index (χ4v) is 2.39. The maximum Gasteiger partial charge on any atom is 0.255 e. The Bertz CT molecular complexity index is 661. The van der Waals surface area contributed by atoms with Crippen LogP contribution in [0.4, 0.5) is 0 Å². The van der Waals surface area contributed by atoms with E-state index in [0.717, 1.165) is 11.8 Å². The second-order valence-electron chi connectivity index (χ2n) is 5.90. The van der Waals surface area contributed by atoms with Crippen molar-refractivity contribution in [2.24, 2.45) is 5.41 Å². The molecule has 2 aromatic carbocycles. The van der Waals surface area contributed by atoms with Gasteiger partial charge in [-0.15, -0.1) is 0 Å². The minimum absolute atomic E-state index is 0.0639. The molecule has 0 radical (unpaired) electrons. The molecule has 1 atom stereocenters. The maximum atomic E-state index is 12.2. The third-order valence-corrected chi connectivity index (χ3v) is 3.96. The first-order valence-electron chi connectivity index (χ1n) is 6.50. The Kier molecular flexibility index (Phi) is 2.52. The van der Waals surface area contributed by atoms with Crippen molar-refractivity contribution in [2.45, 2.75) is 26.3 Å². The molecule has 0 spiro atoms. The Hall–Kier alpha value is -2.03. The van der Waals surface area contributed by atoms with E-state index in [1.165, 1.54) is 0 Å². The van der Waals surface area contributed by atoms with E-state index in [9.17, 15) is 9.90 Å². The Balaban J connectivity index is 1.92. The highest BCUT2D eigenvalue weighted by Crippen LogP contribution is 2.44. The number of phenols is 1. The monoisotopic (exact) mass is 255 g/mol. The molecule has 1 amide bonds. The molecule has 2 aromatic rings. The third-order valence-electron chi connectivity index (χ3n) is 3.96. The summed E-state index contributed by atoms with van der Waals surface area (Å²) >= 11 is 0. The highest BCUT2D eigenvalue weighted by Gasteiger charge is 2.46. The van der Waals surface area contributed by atoms with Crippen LogP contribution in [0.5, 0.6) is 5.75 Å². The lowest BCUT2D eigenvalue weighted by molar-refractivity contribution is 0.0944. The van der Waals surface area contributed by atoms with Crippen LogP contribution in [-0.4, -0.2) is 17.1 Å². The fraction of sp³-hybridized carbons (Fsp3) is 0.312. The standard InChI is InChI=1S/C16H17NO2/c1-16(2)9-13(16)17-15(19)12-8-7-10-5-3-4-6-11(10)14(12)18/h3-8,13,18H,9H2,1-2H3,(H,17,19). The Labute approximate surface area is 112 Å². The Morgan fingerprint density at radius 2 is 1.95 bits per heavy atom. The summed E-state index contributed by atoms with van der Waals surface area (Å²) in [5.41, 5.74) is 0.531. The molecule has 98 valence electrons. The quantitative estimate of drug-likeness (QED) is 0.866. The summed E-state index contributed by atoms with van der Waals surface area (Å²) in [5, 5.41) is 14.8. The van der Waals surface area contributed by atoms with Crippen LogP contribution in [0.25, 0.3) is 10.8 Å². The largest absolute Gasteiger partial charge is 0.506 e. The van der Waals surface area contributed by atoms with Crippen LogP contribution in [0.2, 0.25) is 0 Å². The van der Waals surface area contributed by atoms with Crippen LogP contribution in [-0.2, 0) is 0 Å². The van der Waals surface area contributed by atoms with Crippen molar-refractivity contribution in [1.29, 1.82) is 0 Å². The second-order valence-corrected chi connectivity index (χ2v) is 5.90. The smallest absolute Gasteiger partial charge is 0.255 e. The van der Waals surface area contributed by atoms with Gasteiger partial charge in [-0.3, -0.25) is 4.79 Å². The molecule has 0 heterocycles. The molecule has 3 nitrogen and oxygen atoms in total. The summed E-state index contributed by atoms with van der Waals surface area (Å²) < 4.78 is 0. The molecule has 3 rings (SSSR count). The number of amides is 1. The fourth-order valence-electron chi connectivity index (χ4n) is 2.39. The second kappa shape index (κ2) is 3.98. The number of rotatable bonds is 2. The maximum absolute atomic E-state index is 12.2. The zero-order valence-electron chi connectivity index (χ0n) is 11.1. The summed E-state index contributed by atoms with van der Waals surface area (Å²) in [6.45, 7) is 4.25. The summed E-state index contributed by atoms with van der Waals surface area (Å²) in [5.74, 6) is -0.132. The van der Waals surface area contributed by atoms with E-state index >= 15 is 0 Å². The Morgan fingerprint density at radius 1 is 1.26 bits per heavy atom. The molecule has 1 unspecified atom stereocenters. The molecule has 0 aliphatic heterocycles. The molecule has 19 heavy (non-hydrogen) atoms. The third kappa shape index (κ3) is 2.05. The zero-order valence-corrected chi connectivity index (χ0v) is 11.1.